The molecule has 0 saturated heterocycles. The van der Waals surface area contributed by atoms with E-state index in [-0.39, 0.29) is 5.91 Å². The van der Waals surface area contributed by atoms with Gasteiger partial charge in [-0.15, -0.1) is 0 Å². The van der Waals surface area contributed by atoms with E-state index in [1.54, 1.807) is 31.3 Å². The molecular weight excluding hydrogens is 258 g/mol. The van der Waals surface area contributed by atoms with E-state index < -0.39 is 5.76 Å². The van der Waals surface area contributed by atoms with Crippen LogP contribution in [0.3, 0.4) is 0 Å². The first-order chi connectivity index (χ1) is 8.63. The number of rotatable bonds is 7. The smallest absolute Gasteiger partial charge is 0.288 e. The lowest BCUT2D eigenvalue weighted by atomic mass is 10.2. The van der Waals surface area contributed by atoms with Crippen LogP contribution in [0.25, 0.3) is 0 Å². The average Bonchev–Trinajstić information content (AvgIpc) is 2.35. The number of carbonyl (C=O) groups excluding carboxylic acids is 1. The van der Waals surface area contributed by atoms with Gasteiger partial charge in [0, 0.05) is 30.6 Å². The van der Waals surface area contributed by atoms with Gasteiger partial charge in [0.2, 0.25) is 5.91 Å². The Morgan fingerprint density at radius 1 is 1.39 bits per heavy atom. The van der Waals surface area contributed by atoms with Gasteiger partial charge in [-0.2, -0.15) is 8.78 Å². The second kappa shape index (κ2) is 7.92. The van der Waals surface area contributed by atoms with E-state index >= 15 is 0 Å². The number of carbonyl (C=O) groups is 1. The molecule has 0 bridgehead atoms. The first kappa shape index (κ1) is 14.8. The first-order valence-corrected chi connectivity index (χ1v) is 6.49. The van der Waals surface area contributed by atoms with E-state index in [1.165, 1.54) is 0 Å². The topological polar surface area (TPSA) is 41.1 Å². The van der Waals surface area contributed by atoms with Crippen molar-refractivity contribution in [3.63, 3.8) is 0 Å². The standard InChI is InChI=1S/C12H16F2N2OS/c1-15-11(17)7-4-8-16-9-5-2-3-6-10(9)18-12(13)14/h2-3,5-6,12,16H,4,7-8H2,1H3,(H,15,17). The summed E-state index contributed by atoms with van der Waals surface area (Å²) >= 11 is 0.519. The molecule has 1 amide bonds. The van der Waals surface area contributed by atoms with Crippen LogP contribution in [-0.2, 0) is 4.79 Å². The molecule has 0 saturated carbocycles. The molecule has 0 aromatic heterocycles. The van der Waals surface area contributed by atoms with E-state index in [0.717, 1.165) is 0 Å². The van der Waals surface area contributed by atoms with Gasteiger partial charge >= 0.3 is 0 Å². The van der Waals surface area contributed by atoms with Crippen molar-refractivity contribution in [2.45, 2.75) is 23.5 Å². The number of anilines is 1. The number of amides is 1. The van der Waals surface area contributed by atoms with Crippen LogP contribution in [0.15, 0.2) is 29.2 Å². The zero-order chi connectivity index (χ0) is 13.4. The number of thioether (sulfide) groups is 1. The lowest BCUT2D eigenvalue weighted by molar-refractivity contribution is -0.120. The van der Waals surface area contributed by atoms with Gasteiger partial charge in [0.15, 0.2) is 0 Å². The second-order valence-electron chi connectivity index (χ2n) is 3.58. The Morgan fingerprint density at radius 3 is 2.78 bits per heavy atom. The van der Waals surface area contributed by atoms with Crippen LogP contribution in [0.5, 0.6) is 0 Å². The lowest BCUT2D eigenvalue weighted by Crippen LogP contribution is -2.18. The average molecular weight is 274 g/mol. The summed E-state index contributed by atoms with van der Waals surface area (Å²) in [6, 6.07) is 6.92. The van der Waals surface area contributed by atoms with Crippen molar-refractivity contribution in [1.29, 1.82) is 0 Å². The van der Waals surface area contributed by atoms with E-state index in [0.29, 0.717) is 41.7 Å². The molecule has 0 aliphatic heterocycles. The Labute approximate surface area is 109 Å². The van der Waals surface area contributed by atoms with Gasteiger partial charge in [-0.05, 0) is 18.6 Å². The van der Waals surface area contributed by atoms with Gasteiger partial charge < -0.3 is 10.6 Å². The number of halogens is 2. The highest BCUT2D eigenvalue weighted by atomic mass is 32.2. The molecule has 3 nitrogen and oxygen atoms in total. The molecular formula is C12H16F2N2OS. The fraction of sp³-hybridized carbons (Fsp3) is 0.417. The maximum absolute atomic E-state index is 12.3. The Balaban J connectivity index is 2.43. The summed E-state index contributed by atoms with van der Waals surface area (Å²) in [5.41, 5.74) is 0.680. The van der Waals surface area contributed by atoms with Gasteiger partial charge in [0.1, 0.15) is 0 Å². The highest BCUT2D eigenvalue weighted by Gasteiger charge is 2.09. The minimum Gasteiger partial charge on any atom is -0.384 e. The molecule has 1 rings (SSSR count). The van der Waals surface area contributed by atoms with Gasteiger partial charge in [-0.1, -0.05) is 23.9 Å². The Bertz CT molecular complexity index is 388. The molecule has 1 aromatic carbocycles. The molecule has 0 heterocycles. The quantitative estimate of drug-likeness (QED) is 0.593. The highest BCUT2D eigenvalue weighted by molar-refractivity contribution is 7.99. The molecule has 2 N–H and O–H groups in total. The molecule has 0 spiro atoms. The largest absolute Gasteiger partial charge is 0.384 e. The number of nitrogens with one attached hydrogen (secondary N) is 2. The van der Waals surface area contributed by atoms with Crippen LogP contribution in [0.2, 0.25) is 0 Å². The predicted octanol–water partition coefficient (Wildman–Crippen LogP) is 2.94. The summed E-state index contributed by atoms with van der Waals surface area (Å²) in [5.74, 6) is -2.45. The van der Waals surface area contributed by atoms with Crippen LogP contribution < -0.4 is 10.6 Å². The van der Waals surface area contributed by atoms with Crippen LogP contribution in [0, 0.1) is 0 Å². The van der Waals surface area contributed by atoms with Crippen LogP contribution >= 0.6 is 11.8 Å². The summed E-state index contributed by atoms with van der Waals surface area (Å²) in [5, 5.41) is 5.60. The third kappa shape index (κ3) is 5.35. The summed E-state index contributed by atoms with van der Waals surface area (Å²) in [4.78, 5) is 11.5. The first-order valence-electron chi connectivity index (χ1n) is 5.61. The van der Waals surface area contributed by atoms with E-state index in [9.17, 15) is 13.6 Å². The number of hydrogen-bond donors (Lipinski definition) is 2. The fourth-order valence-electron chi connectivity index (χ4n) is 1.41. The number of benzene rings is 1. The molecule has 1 aromatic rings. The number of alkyl halides is 2. The molecule has 6 heteroatoms. The van der Waals surface area contributed by atoms with E-state index in [2.05, 4.69) is 10.6 Å². The molecule has 0 aliphatic rings. The summed E-state index contributed by atoms with van der Waals surface area (Å²) in [6.07, 6.45) is 1.08. The van der Waals surface area contributed by atoms with Crippen molar-refractivity contribution in [1.82, 2.24) is 5.32 Å². The third-order valence-corrected chi connectivity index (χ3v) is 3.07. The maximum Gasteiger partial charge on any atom is 0.288 e. The fourth-order valence-corrected chi connectivity index (χ4v) is 2.02. The zero-order valence-electron chi connectivity index (χ0n) is 10.1. The van der Waals surface area contributed by atoms with Crippen LogP contribution in [0.1, 0.15) is 12.8 Å². The van der Waals surface area contributed by atoms with Crippen LogP contribution in [0.4, 0.5) is 14.5 Å². The Morgan fingerprint density at radius 2 is 2.11 bits per heavy atom. The minimum absolute atomic E-state index is 0.0213. The van der Waals surface area contributed by atoms with Gasteiger partial charge in [0.05, 0.1) is 0 Å². The number of para-hydroxylation sites is 1. The molecule has 0 unspecified atom stereocenters. The zero-order valence-corrected chi connectivity index (χ0v) is 10.9. The van der Waals surface area contributed by atoms with Crippen molar-refractivity contribution < 1.29 is 13.6 Å². The molecule has 0 aliphatic carbocycles. The van der Waals surface area contributed by atoms with Crippen molar-refractivity contribution in [2.24, 2.45) is 0 Å². The van der Waals surface area contributed by atoms with E-state index in [4.69, 9.17) is 0 Å². The molecule has 100 valence electrons. The predicted molar refractivity (Wildman–Crippen MR) is 70.1 cm³/mol. The van der Waals surface area contributed by atoms with Crippen molar-refractivity contribution in [2.75, 3.05) is 18.9 Å². The Kier molecular flexibility index (Phi) is 6.49. The highest BCUT2D eigenvalue weighted by Crippen LogP contribution is 2.31. The van der Waals surface area contributed by atoms with E-state index in [1.807, 2.05) is 0 Å². The molecule has 0 fully saturated rings. The third-order valence-electron chi connectivity index (χ3n) is 2.28. The van der Waals surface area contributed by atoms with Crippen molar-refractivity contribution in [3.8, 4) is 0 Å². The normalized spacial score (nSPS) is 10.4. The van der Waals surface area contributed by atoms with Gasteiger partial charge in [0.25, 0.3) is 5.76 Å². The summed E-state index contributed by atoms with van der Waals surface area (Å²) in [6.45, 7) is 0.578. The number of hydrogen-bond acceptors (Lipinski definition) is 3. The molecule has 0 radical (unpaired) electrons. The SMILES string of the molecule is CNC(=O)CCCNc1ccccc1SC(F)F. The van der Waals surface area contributed by atoms with Crippen molar-refractivity contribution >= 4 is 23.4 Å². The lowest BCUT2D eigenvalue weighted by Gasteiger charge is -2.10. The van der Waals surface area contributed by atoms with Crippen molar-refractivity contribution in [3.05, 3.63) is 24.3 Å². The molecule has 0 atom stereocenters. The second-order valence-corrected chi connectivity index (χ2v) is 4.61. The Hall–Kier alpha value is -1.30. The maximum atomic E-state index is 12.3. The van der Waals surface area contributed by atoms with Crippen LogP contribution in [-0.4, -0.2) is 25.3 Å². The minimum atomic E-state index is -2.43. The summed E-state index contributed by atoms with van der Waals surface area (Å²) in [7, 11) is 1.59. The summed E-state index contributed by atoms with van der Waals surface area (Å²) < 4.78 is 24.6. The van der Waals surface area contributed by atoms with Gasteiger partial charge in [-0.3, -0.25) is 4.79 Å². The molecule has 18 heavy (non-hydrogen) atoms. The monoisotopic (exact) mass is 274 g/mol. The van der Waals surface area contributed by atoms with Gasteiger partial charge in [-0.25, -0.2) is 0 Å².